The zero-order valence-electron chi connectivity index (χ0n) is 15.8. The molecule has 0 saturated heterocycles. The van der Waals surface area contributed by atoms with Gasteiger partial charge in [-0.05, 0) is 24.1 Å². The molecule has 0 fully saturated rings. The number of hydrogen-bond acceptors (Lipinski definition) is 9. The molecule has 2 heterocycles. The minimum Gasteiger partial charge on any atom is -0.430 e. The number of anilines is 1. The number of nitrogens with one attached hydrogen (secondary N) is 1. The standard InChI is InChI=1S/C17H21N5O6S/c1-22(29(2,26)27)17-21-13(10-28-17)16(25)20-12(15(24)14(23)3-6-18)9-11-4-7-19-8-5-11/h4-5,7-8,10,12,14-15,23-24H,3,9H2,1-2H3,(H,20,25). The highest BCUT2D eigenvalue weighted by molar-refractivity contribution is 7.92. The van der Waals surface area contributed by atoms with Gasteiger partial charge in [0.25, 0.3) is 5.91 Å². The van der Waals surface area contributed by atoms with Gasteiger partial charge in [-0.25, -0.2) is 12.7 Å². The van der Waals surface area contributed by atoms with Crippen LogP contribution in [0.5, 0.6) is 0 Å². The highest BCUT2D eigenvalue weighted by Crippen LogP contribution is 2.16. The molecule has 29 heavy (non-hydrogen) atoms. The average Bonchev–Trinajstić information content (AvgIpc) is 3.16. The molecule has 0 aliphatic heterocycles. The van der Waals surface area contributed by atoms with E-state index < -0.39 is 34.2 Å². The third-order valence-corrected chi connectivity index (χ3v) is 5.27. The van der Waals surface area contributed by atoms with Crippen molar-refractivity contribution in [3.63, 3.8) is 0 Å². The molecule has 2 aromatic rings. The number of aliphatic hydroxyl groups is 2. The van der Waals surface area contributed by atoms with E-state index in [1.165, 1.54) is 19.4 Å². The number of aromatic nitrogens is 2. The van der Waals surface area contributed by atoms with Gasteiger partial charge in [-0.2, -0.15) is 10.2 Å². The van der Waals surface area contributed by atoms with Crippen LogP contribution >= 0.6 is 0 Å². The zero-order valence-corrected chi connectivity index (χ0v) is 16.6. The molecule has 3 atom stereocenters. The van der Waals surface area contributed by atoms with Crippen LogP contribution in [0.25, 0.3) is 0 Å². The van der Waals surface area contributed by atoms with Crippen molar-refractivity contribution in [2.45, 2.75) is 31.1 Å². The van der Waals surface area contributed by atoms with Gasteiger partial charge in [0.05, 0.1) is 30.9 Å². The molecule has 0 aliphatic carbocycles. The number of sulfonamides is 1. The lowest BCUT2D eigenvalue weighted by atomic mass is 9.97. The van der Waals surface area contributed by atoms with Crippen LogP contribution in [-0.2, 0) is 16.4 Å². The SMILES string of the molecule is CN(c1nc(C(=O)NC(Cc2ccncc2)C(O)C(O)CC#N)co1)S(C)(=O)=O. The van der Waals surface area contributed by atoms with Crippen LogP contribution < -0.4 is 9.62 Å². The number of amides is 1. The minimum atomic E-state index is -3.63. The molecule has 11 nitrogen and oxygen atoms in total. The first-order valence-corrected chi connectivity index (χ1v) is 10.3. The first kappa shape index (κ1) is 22.3. The van der Waals surface area contributed by atoms with Crippen molar-refractivity contribution in [1.82, 2.24) is 15.3 Å². The van der Waals surface area contributed by atoms with Crippen molar-refractivity contribution in [2.75, 3.05) is 17.6 Å². The summed E-state index contributed by atoms with van der Waals surface area (Å²) < 4.78 is 28.9. The number of nitriles is 1. The average molecular weight is 423 g/mol. The molecule has 0 aliphatic rings. The topological polar surface area (TPSA) is 170 Å². The third kappa shape index (κ3) is 5.98. The Hall–Kier alpha value is -3.01. The summed E-state index contributed by atoms with van der Waals surface area (Å²) in [4.78, 5) is 20.3. The van der Waals surface area contributed by atoms with Crippen molar-refractivity contribution >= 4 is 21.9 Å². The van der Waals surface area contributed by atoms with E-state index in [9.17, 15) is 23.4 Å². The summed E-state index contributed by atoms with van der Waals surface area (Å²) in [7, 11) is -2.41. The van der Waals surface area contributed by atoms with E-state index in [4.69, 9.17) is 9.68 Å². The number of aliphatic hydroxyl groups excluding tert-OH is 2. The van der Waals surface area contributed by atoms with Gasteiger partial charge < -0.3 is 19.9 Å². The maximum absolute atomic E-state index is 12.5. The lowest BCUT2D eigenvalue weighted by Crippen LogP contribution is -2.49. The van der Waals surface area contributed by atoms with Crippen molar-refractivity contribution in [1.29, 1.82) is 5.26 Å². The number of carbonyl (C=O) groups excluding carboxylic acids is 1. The molecule has 0 spiro atoms. The summed E-state index contributed by atoms with van der Waals surface area (Å²) >= 11 is 0. The Balaban J connectivity index is 2.20. The fourth-order valence-corrected chi connectivity index (χ4v) is 2.78. The predicted octanol–water partition coefficient (Wildman–Crippen LogP) is -0.558. The number of hydrogen-bond donors (Lipinski definition) is 3. The van der Waals surface area contributed by atoms with Crippen molar-refractivity contribution < 1.29 is 27.8 Å². The van der Waals surface area contributed by atoms with E-state index in [2.05, 4.69) is 15.3 Å². The Bertz CT molecular complexity index is 972. The number of carbonyl (C=O) groups is 1. The molecule has 2 rings (SSSR count). The Morgan fingerprint density at radius 1 is 1.38 bits per heavy atom. The van der Waals surface area contributed by atoms with Crippen molar-refractivity contribution in [2.24, 2.45) is 0 Å². The summed E-state index contributed by atoms with van der Waals surface area (Å²) in [5.41, 5.74) is 0.517. The molecule has 3 unspecified atom stereocenters. The van der Waals surface area contributed by atoms with E-state index in [1.54, 1.807) is 18.2 Å². The first-order chi connectivity index (χ1) is 13.6. The molecule has 2 aromatic heterocycles. The second-order valence-corrected chi connectivity index (χ2v) is 8.32. The monoisotopic (exact) mass is 423 g/mol. The third-order valence-electron chi connectivity index (χ3n) is 4.12. The van der Waals surface area contributed by atoms with Crippen LogP contribution in [0.4, 0.5) is 6.01 Å². The number of pyridine rings is 1. The highest BCUT2D eigenvalue weighted by Gasteiger charge is 2.29. The molecule has 3 N–H and O–H groups in total. The van der Waals surface area contributed by atoms with Gasteiger partial charge in [0.15, 0.2) is 5.69 Å². The molecule has 156 valence electrons. The van der Waals surface area contributed by atoms with Crippen LogP contribution in [0, 0.1) is 11.3 Å². The van der Waals surface area contributed by atoms with Crippen LogP contribution in [-0.4, -0.2) is 66.1 Å². The van der Waals surface area contributed by atoms with E-state index in [-0.39, 0.29) is 24.6 Å². The number of nitrogens with zero attached hydrogens (tertiary/aromatic N) is 4. The molecule has 0 bridgehead atoms. The van der Waals surface area contributed by atoms with Crippen molar-refractivity contribution in [3.8, 4) is 6.07 Å². The highest BCUT2D eigenvalue weighted by atomic mass is 32.2. The second-order valence-electron chi connectivity index (χ2n) is 6.31. The van der Waals surface area contributed by atoms with Gasteiger partial charge in [-0.1, -0.05) is 0 Å². The van der Waals surface area contributed by atoms with Gasteiger partial charge in [0.1, 0.15) is 12.4 Å². The van der Waals surface area contributed by atoms with Gasteiger partial charge in [-0.15, -0.1) is 0 Å². The number of oxazole rings is 1. The maximum Gasteiger partial charge on any atom is 0.311 e. The van der Waals surface area contributed by atoms with Crippen LogP contribution in [0.3, 0.4) is 0 Å². The Kier molecular flexibility index (Phi) is 7.27. The molecule has 1 amide bonds. The molecule has 0 aromatic carbocycles. The van der Waals surface area contributed by atoms with E-state index in [1.807, 2.05) is 0 Å². The summed E-state index contributed by atoms with van der Waals surface area (Å²) in [5.74, 6) is -0.746. The quantitative estimate of drug-likeness (QED) is 0.478. The zero-order chi connectivity index (χ0) is 21.6. The molecular weight excluding hydrogens is 402 g/mol. The normalized spacial score (nSPS) is 14.4. The van der Waals surface area contributed by atoms with Crippen molar-refractivity contribution in [3.05, 3.63) is 42.0 Å². The largest absolute Gasteiger partial charge is 0.430 e. The molecular formula is C17H21N5O6S. The lowest BCUT2D eigenvalue weighted by molar-refractivity contribution is -0.000387. The first-order valence-electron chi connectivity index (χ1n) is 8.45. The van der Waals surface area contributed by atoms with E-state index >= 15 is 0 Å². The minimum absolute atomic E-state index is 0.145. The lowest BCUT2D eigenvalue weighted by Gasteiger charge is -2.26. The summed E-state index contributed by atoms with van der Waals surface area (Å²) in [6, 6.07) is 3.86. The fourth-order valence-electron chi connectivity index (χ4n) is 2.41. The molecule has 0 radical (unpaired) electrons. The van der Waals surface area contributed by atoms with Crippen LogP contribution in [0.2, 0.25) is 0 Å². The Morgan fingerprint density at radius 2 is 2.03 bits per heavy atom. The molecule has 0 saturated carbocycles. The van der Waals surface area contributed by atoms with Crippen LogP contribution in [0.15, 0.2) is 35.2 Å². The van der Waals surface area contributed by atoms with Gasteiger partial charge in [0.2, 0.25) is 10.0 Å². The Morgan fingerprint density at radius 3 is 2.62 bits per heavy atom. The van der Waals surface area contributed by atoms with Gasteiger partial charge in [0, 0.05) is 19.4 Å². The molecule has 12 heteroatoms. The van der Waals surface area contributed by atoms with Crippen LogP contribution in [0.1, 0.15) is 22.5 Å². The summed E-state index contributed by atoms with van der Waals surface area (Å²) in [6.07, 6.45) is 2.02. The fraction of sp³-hybridized carbons (Fsp3) is 0.412. The Labute approximate surface area is 167 Å². The summed E-state index contributed by atoms with van der Waals surface area (Å²) in [6.45, 7) is 0. The second kappa shape index (κ2) is 9.46. The smallest absolute Gasteiger partial charge is 0.311 e. The van der Waals surface area contributed by atoms with Gasteiger partial charge in [-0.3, -0.25) is 9.78 Å². The maximum atomic E-state index is 12.5. The number of rotatable bonds is 9. The predicted molar refractivity (Wildman–Crippen MR) is 101 cm³/mol. The summed E-state index contributed by atoms with van der Waals surface area (Å²) in [5, 5.41) is 31.7. The van der Waals surface area contributed by atoms with E-state index in [0.717, 1.165) is 22.4 Å². The van der Waals surface area contributed by atoms with E-state index in [0.29, 0.717) is 0 Å². The van der Waals surface area contributed by atoms with Gasteiger partial charge >= 0.3 is 6.01 Å².